The Morgan fingerprint density at radius 3 is 2.27 bits per heavy atom. The Morgan fingerprint density at radius 2 is 1.82 bits per heavy atom. The topological polar surface area (TPSA) is 151 Å². The molecule has 0 spiro atoms. The molecule has 1 aromatic rings. The first-order valence-electron chi connectivity index (χ1n) is 6.38. The molecular formula is C12H18N2O8. The van der Waals surface area contributed by atoms with Gasteiger partial charge < -0.3 is 25.2 Å². The number of aryl methyl sites for hydroxylation is 1. The van der Waals surface area contributed by atoms with Crippen LogP contribution in [0.25, 0.3) is 0 Å². The van der Waals surface area contributed by atoms with Crippen LogP contribution in [0.15, 0.2) is 15.8 Å². The van der Waals surface area contributed by atoms with Crippen molar-refractivity contribution in [2.45, 2.75) is 25.8 Å². The molecule has 0 saturated heterocycles. The number of carboxylic acid groups (broad SMARTS) is 1. The molecule has 1 rings (SSSR count). The number of rotatable bonds is 8. The largest absolute Gasteiger partial charge is 0.480 e. The van der Waals surface area contributed by atoms with E-state index in [2.05, 4.69) is 0 Å². The third-order valence-corrected chi connectivity index (χ3v) is 2.88. The fourth-order valence-electron chi connectivity index (χ4n) is 1.80. The smallest absolute Gasteiger partial charge is 0.333 e. The summed E-state index contributed by atoms with van der Waals surface area (Å²) in [6.45, 7) is -1.23. The Kier molecular flexibility index (Phi) is 6.43. The molecule has 0 saturated carbocycles. The minimum absolute atomic E-state index is 0.0763. The summed E-state index contributed by atoms with van der Waals surface area (Å²) in [5, 5.41) is 36.0. The highest BCUT2D eigenvalue weighted by Crippen LogP contribution is 2.08. The Balaban J connectivity index is 3.33. The summed E-state index contributed by atoms with van der Waals surface area (Å²) >= 11 is 0. The van der Waals surface area contributed by atoms with E-state index in [1.165, 1.54) is 6.92 Å². The summed E-state index contributed by atoms with van der Waals surface area (Å²) in [6.07, 6.45) is -1.20. The molecule has 0 aromatic carbocycles. The van der Waals surface area contributed by atoms with Crippen molar-refractivity contribution < 1.29 is 30.0 Å². The molecular weight excluding hydrogens is 300 g/mol. The number of ether oxygens (including phenoxy) is 1. The zero-order chi connectivity index (χ0) is 16.9. The second-order valence-electron chi connectivity index (χ2n) is 4.55. The van der Waals surface area contributed by atoms with Crippen LogP contribution in [0, 0.1) is 6.92 Å². The number of aliphatic carboxylic acids is 1. The summed E-state index contributed by atoms with van der Waals surface area (Å²) in [5.41, 5.74) is -1.67. The highest BCUT2D eigenvalue weighted by atomic mass is 16.5. The van der Waals surface area contributed by atoms with Crippen molar-refractivity contribution in [2.24, 2.45) is 0 Å². The van der Waals surface area contributed by atoms with Crippen molar-refractivity contribution in [3.05, 3.63) is 32.6 Å². The van der Waals surface area contributed by atoms with Crippen molar-refractivity contribution in [2.75, 3.05) is 19.8 Å². The number of hydrogen-bond donors (Lipinski definition) is 4. The van der Waals surface area contributed by atoms with E-state index >= 15 is 0 Å². The number of aliphatic hydroxyl groups is 3. The van der Waals surface area contributed by atoms with Gasteiger partial charge in [-0.1, -0.05) is 0 Å². The van der Waals surface area contributed by atoms with Gasteiger partial charge in [0.15, 0.2) is 6.23 Å². The van der Waals surface area contributed by atoms with Crippen molar-refractivity contribution in [3.8, 4) is 0 Å². The lowest BCUT2D eigenvalue weighted by Gasteiger charge is -2.23. The standard InChI is InChI=1S/C12H18N2O8/c1-7-2-13(9(6-17)22-8(4-15)5-16)12(21)14(11(7)20)3-10(18)19/h2,8-9,15-17H,3-6H2,1H3,(H,18,19)/t9-/m1/s1. The van der Waals surface area contributed by atoms with E-state index in [1.54, 1.807) is 0 Å². The predicted molar refractivity (Wildman–Crippen MR) is 72.5 cm³/mol. The Morgan fingerprint density at radius 1 is 1.23 bits per heavy atom. The molecule has 10 nitrogen and oxygen atoms in total. The normalized spacial score (nSPS) is 12.6. The number of nitrogens with zero attached hydrogens (tertiary/aromatic N) is 2. The van der Waals surface area contributed by atoms with Crippen LogP contribution in [-0.4, -0.2) is 61.5 Å². The maximum atomic E-state index is 12.2. The average Bonchev–Trinajstić information content (AvgIpc) is 2.49. The van der Waals surface area contributed by atoms with Gasteiger partial charge >= 0.3 is 11.7 Å². The van der Waals surface area contributed by atoms with Crippen LogP contribution in [0.5, 0.6) is 0 Å². The Labute approximate surface area is 124 Å². The van der Waals surface area contributed by atoms with Crippen molar-refractivity contribution in [1.29, 1.82) is 0 Å². The molecule has 10 heteroatoms. The van der Waals surface area contributed by atoms with Crippen LogP contribution in [-0.2, 0) is 16.1 Å². The number of aliphatic hydroxyl groups excluding tert-OH is 3. The first kappa shape index (κ1) is 18.0. The third-order valence-electron chi connectivity index (χ3n) is 2.88. The molecule has 124 valence electrons. The zero-order valence-corrected chi connectivity index (χ0v) is 11.9. The highest BCUT2D eigenvalue weighted by molar-refractivity contribution is 5.66. The van der Waals surface area contributed by atoms with Crippen molar-refractivity contribution in [1.82, 2.24) is 9.13 Å². The summed E-state index contributed by atoms with van der Waals surface area (Å²) in [4.78, 5) is 34.8. The SMILES string of the molecule is Cc1cn([C@@H](CO)OC(CO)CO)c(=O)n(CC(=O)O)c1=O. The predicted octanol–water partition coefficient (Wildman–Crippen LogP) is -2.74. The second-order valence-corrected chi connectivity index (χ2v) is 4.55. The lowest BCUT2D eigenvalue weighted by Crippen LogP contribution is -2.45. The molecule has 0 aliphatic carbocycles. The molecule has 1 heterocycles. The molecule has 0 fully saturated rings. The molecule has 1 atom stereocenters. The number of carboxylic acids is 1. The van der Waals surface area contributed by atoms with Crippen LogP contribution in [0.4, 0.5) is 0 Å². The summed E-state index contributed by atoms with van der Waals surface area (Å²) in [7, 11) is 0. The van der Waals surface area contributed by atoms with E-state index < -0.39 is 55.9 Å². The average molecular weight is 318 g/mol. The van der Waals surface area contributed by atoms with Gasteiger partial charge in [0.2, 0.25) is 0 Å². The van der Waals surface area contributed by atoms with E-state index in [1.807, 2.05) is 0 Å². The molecule has 0 unspecified atom stereocenters. The molecule has 1 aromatic heterocycles. The second kappa shape index (κ2) is 7.84. The number of aromatic nitrogens is 2. The molecule has 0 amide bonds. The van der Waals surface area contributed by atoms with Gasteiger partial charge in [0.1, 0.15) is 12.6 Å². The summed E-state index contributed by atoms with van der Waals surface area (Å²) in [6, 6.07) is 0. The van der Waals surface area contributed by atoms with Crippen LogP contribution in [0.3, 0.4) is 0 Å². The zero-order valence-electron chi connectivity index (χ0n) is 11.9. The maximum Gasteiger partial charge on any atom is 0.333 e. The first-order valence-corrected chi connectivity index (χ1v) is 6.38. The molecule has 4 N–H and O–H groups in total. The third kappa shape index (κ3) is 4.01. The molecule has 0 aliphatic rings. The minimum atomic E-state index is -1.37. The number of carbonyl (C=O) groups is 1. The molecule has 0 bridgehead atoms. The maximum absolute atomic E-state index is 12.2. The van der Waals surface area contributed by atoms with Crippen molar-refractivity contribution >= 4 is 5.97 Å². The summed E-state index contributed by atoms with van der Waals surface area (Å²) < 4.78 is 6.51. The van der Waals surface area contributed by atoms with Crippen LogP contribution < -0.4 is 11.2 Å². The highest BCUT2D eigenvalue weighted by Gasteiger charge is 2.21. The lowest BCUT2D eigenvalue weighted by molar-refractivity contribution is -0.138. The van der Waals surface area contributed by atoms with E-state index in [-0.39, 0.29) is 5.56 Å². The van der Waals surface area contributed by atoms with Gasteiger partial charge in [0, 0.05) is 11.8 Å². The van der Waals surface area contributed by atoms with Crippen molar-refractivity contribution in [3.63, 3.8) is 0 Å². The quantitative estimate of drug-likeness (QED) is 0.403. The number of hydrogen-bond acceptors (Lipinski definition) is 7. The van der Waals surface area contributed by atoms with Gasteiger partial charge in [-0.15, -0.1) is 0 Å². The monoisotopic (exact) mass is 318 g/mol. The van der Waals surface area contributed by atoms with Gasteiger partial charge in [0.05, 0.1) is 19.8 Å². The summed E-state index contributed by atoms with van der Waals surface area (Å²) in [5.74, 6) is -1.37. The van der Waals surface area contributed by atoms with Gasteiger partial charge in [0.25, 0.3) is 5.56 Å². The van der Waals surface area contributed by atoms with E-state index in [0.29, 0.717) is 4.57 Å². The van der Waals surface area contributed by atoms with Gasteiger partial charge in [-0.05, 0) is 6.92 Å². The fourth-order valence-corrected chi connectivity index (χ4v) is 1.80. The Hall–Kier alpha value is -2.01. The minimum Gasteiger partial charge on any atom is -0.480 e. The fraction of sp³-hybridized carbons (Fsp3) is 0.583. The Bertz CT molecular complexity index is 631. The van der Waals surface area contributed by atoms with E-state index in [9.17, 15) is 19.5 Å². The molecule has 0 radical (unpaired) electrons. The van der Waals surface area contributed by atoms with E-state index in [4.69, 9.17) is 20.1 Å². The van der Waals surface area contributed by atoms with E-state index in [0.717, 1.165) is 10.8 Å². The van der Waals surface area contributed by atoms with Gasteiger partial charge in [-0.2, -0.15) is 0 Å². The lowest BCUT2D eigenvalue weighted by atomic mass is 10.3. The van der Waals surface area contributed by atoms with Crippen LogP contribution in [0.2, 0.25) is 0 Å². The molecule has 22 heavy (non-hydrogen) atoms. The van der Waals surface area contributed by atoms with Gasteiger partial charge in [-0.3, -0.25) is 14.2 Å². The molecule has 0 aliphatic heterocycles. The first-order chi connectivity index (χ1) is 10.3. The van der Waals surface area contributed by atoms with Crippen LogP contribution >= 0.6 is 0 Å². The van der Waals surface area contributed by atoms with Crippen LogP contribution in [0.1, 0.15) is 11.8 Å². The van der Waals surface area contributed by atoms with Gasteiger partial charge in [-0.25, -0.2) is 9.36 Å².